The molecular weight excluding hydrogens is 280 g/mol. The lowest BCUT2D eigenvalue weighted by molar-refractivity contribution is -0.138. The van der Waals surface area contributed by atoms with Crippen LogP contribution in [0.15, 0.2) is 0 Å². The maximum atomic E-state index is 12.2. The van der Waals surface area contributed by atoms with Crippen LogP contribution in [0.1, 0.15) is 19.3 Å². The van der Waals surface area contributed by atoms with Gasteiger partial charge in [-0.1, -0.05) is 0 Å². The number of carboxylic acid groups (broad SMARTS) is 1. The van der Waals surface area contributed by atoms with Crippen molar-refractivity contribution in [2.45, 2.75) is 19.3 Å². The molecule has 0 radical (unpaired) electrons. The van der Waals surface area contributed by atoms with E-state index in [4.69, 9.17) is 16.6 Å². The molecular formula is C12H20N4O5. The van der Waals surface area contributed by atoms with Crippen LogP contribution in [0.25, 0.3) is 0 Å². The van der Waals surface area contributed by atoms with E-state index < -0.39 is 31.0 Å². The predicted octanol–water partition coefficient (Wildman–Crippen LogP) is -1.43. The molecule has 5 N–H and O–H groups in total. The number of nitrogens with two attached hydrogens (primary N) is 2. The van der Waals surface area contributed by atoms with Gasteiger partial charge in [0, 0.05) is 19.5 Å². The Morgan fingerprint density at radius 3 is 2.05 bits per heavy atom. The molecule has 9 nitrogen and oxygen atoms in total. The molecule has 0 aromatic heterocycles. The van der Waals surface area contributed by atoms with Gasteiger partial charge < -0.3 is 26.4 Å². The van der Waals surface area contributed by atoms with Gasteiger partial charge in [0.05, 0.1) is 0 Å². The molecule has 1 saturated heterocycles. The lowest BCUT2D eigenvalue weighted by Gasteiger charge is -2.34. The Morgan fingerprint density at radius 1 is 1.05 bits per heavy atom. The standard InChI is InChI=1S/C12H20N4O5/c13-9(17)5-8-1-3-15(4-2-8)12(21)16(6-10(14)18)7-11(19)20/h8H,1-7H2,(H2,13,17)(H2,14,18)(H,19,20). The maximum Gasteiger partial charge on any atom is 0.323 e. The summed E-state index contributed by atoms with van der Waals surface area (Å²) in [6, 6.07) is -0.534. The minimum atomic E-state index is -1.21. The summed E-state index contributed by atoms with van der Waals surface area (Å²) in [5, 5.41) is 8.77. The highest BCUT2D eigenvalue weighted by molar-refractivity contribution is 5.86. The van der Waals surface area contributed by atoms with Crippen molar-refractivity contribution in [2.24, 2.45) is 17.4 Å². The Kier molecular flexibility index (Phi) is 5.94. The van der Waals surface area contributed by atoms with Gasteiger partial charge in [-0.3, -0.25) is 14.4 Å². The smallest absolute Gasteiger partial charge is 0.323 e. The quantitative estimate of drug-likeness (QED) is 0.550. The van der Waals surface area contributed by atoms with E-state index in [-0.39, 0.29) is 18.2 Å². The summed E-state index contributed by atoms with van der Waals surface area (Å²) in [4.78, 5) is 47.1. The van der Waals surface area contributed by atoms with Gasteiger partial charge >= 0.3 is 12.0 Å². The van der Waals surface area contributed by atoms with Crippen molar-refractivity contribution < 1.29 is 24.3 Å². The minimum absolute atomic E-state index is 0.135. The number of carbonyl (C=O) groups is 4. The minimum Gasteiger partial charge on any atom is -0.480 e. The van der Waals surface area contributed by atoms with E-state index >= 15 is 0 Å². The molecule has 0 bridgehead atoms. The number of primary amides is 2. The molecule has 1 aliphatic heterocycles. The molecule has 1 fully saturated rings. The van der Waals surface area contributed by atoms with Gasteiger partial charge in [0.2, 0.25) is 11.8 Å². The SMILES string of the molecule is NC(=O)CC1CCN(C(=O)N(CC(N)=O)CC(=O)O)CC1. The van der Waals surface area contributed by atoms with Crippen molar-refractivity contribution in [1.82, 2.24) is 9.80 Å². The Balaban J connectivity index is 2.58. The number of amides is 4. The fraction of sp³-hybridized carbons (Fsp3) is 0.667. The number of aliphatic carboxylic acids is 1. The average molecular weight is 300 g/mol. The zero-order valence-corrected chi connectivity index (χ0v) is 11.7. The molecule has 0 aromatic carbocycles. The molecule has 0 atom stereocenters. The van der Waals surface area contributed by atoms with E-state index in [0.717, 1.165) is 4.90 Å². The molecule has 0 spiro atoms. The number of carboxylic acids is 1. The van der Waals surface area contributed by atoms with Gasteiger partial charge in [0.25, 0.3) is 0 Å². The summed E-state index contributed by atoms with van der Waals surface area (Å²) >= 11 is 0. The van der Waals surface area contributed by atoms with Crippen LogP contribution in [0.3, 0.4) is 0 Å². The topological polar surface area (TPSA) is 147 Å². The second-order valence-electron chi connectivity index (χ2n) is 5.10. The molecule has 1 heterocycles. The summed E-state index contributed by atoms with van der Waals surface area (Å²) in [5.41, 5.74) is 10.1. The van der Waals surface area contributed by atoms with E-state index in [2.05, 4.69) is 0 Å². The number of hydrogen-bond acceptors (Lipinski definition) is 4. The van der Waals surface area contributed by atoms with Gasteiger partial charge in [0.1, 0.15) is 13.1 Å². The first-order chi connectivity index (χ1) is 9.79. The second kappa shape index (κ2) is 7.46. The summed E-state index contributed by atoms with van der Waals surface area (Å²) in [7, 11) is 0. The van der Waals surface area contributed by atoms with Crippen molar-refractivity contribution in [1.29, 1.82) is 0 Å². The first-order valence-corrected chi connectivity index (χ1v) is 6.61. The van der Waals surface area contributed by atoms with Gasteiger partial charge in [-0.25, -0.2) is 4.79 Å². The van der Waals surface area contributed by atoms with Crippen molar-refractivity contribution >= 4 is 23.8 Å². The van der Waals surface area contributed by atoms with Gasteiger partial charge in [-0.15, -0.1) is 0 Å². The average Bonchev–Trinajstić information content (AvgIpc) is 2.36. The number of piperidine rings is 1. The van der Waals surface area contributed by atoms with Crippen LogP contribution in [-0.4, -0.2) is 64.9 Å². The third-order valence-corrected chi connectivity index (χ3v) is 3.32. The number of nitrogens with zero attached hydrogens (tertiary/aromatic N) is 2. The number of likely N-dealkylation sites (tertiary alicyclic amines) is 1. The largest absolute Gasteiger partial charge is 0.480 e. The van der Waals surface area contributed by atoms with Crippen LogP contribution < -0.4 is 11.5 Å². The van der Waals surface area contributed by atoms with Gasteiger partial charge in [-0.2, -0.15) is 0 Å². The highest BCUT2D eigenvalue weighted by Crippen LogP contribution is 2.21. The summed E-state index contributed by atoms with van der Waals surface area (Å²) in [6.45, 7) is -0.230. The van der Waals surface area contributed by atoms with E-state index in [0.29, 0.717) is 25.9 Å². The number of hydrogen-bond donors (Lipinski definition) is 3. The molecule has 4 amide bonds. The van der Waals surface area contributed by atoms with Crippen LogP contribution in [0, 0.1) is 5.92 Å². The third-order valence-electron chi connectivity index (χ3n) is 3.32. The Bertz CT molecular complexity index is 415. The zero-order valence-electron chi connectivity index (χ0n) is 11.7. The molecule has 0 unspecified atom stereocenters. The molecule has 0 saturated carbocycles. The van der Waals surface area contributed by atoms with Crippen LogP contribution >= 0.6 is 0 Å². The Labute approximate surface area is 121 Å². The molecule has 1 rings (SSSR count). The van der Waals surface area contributed by atoms with Crippen molar-refractivity contribution in [3.8, 4) is 0 Å². The van der Waals surface area contributed by atoms with Crippen molar-refractivity contribution in [3.63, 3.8) is 0 Å². The number of carbonyl (C=O) groups excluding carboxylic acids is 3. The molecule has 21 heavy (non-hydrogen) atoms. The Morgan fingerprint density at radius 2 is 1.62 bits per heavy atom. The van der Waals surface area contributed by atoms with Crippen LogP contribution in [0.4, 0.5) is 4.79 Å². The fourth-order valence-electron chi connectivity index (χ4n) is 2.36. The molecule has 0 aromatic rings. The van der Waals surface area contributed by atoms with Crippen molar-refractivity contribution in [2.75, 3.05) is 26.2 Å². The highest BCUT2D eigenvalue weighted by Gasteiger charge is 2.28. The van der Waals surface area contributed by atoms with Crippen LogP contribution in [0.5, 0.6) is 0 Å². The molecule has 1 aliphatic rings. The maximum absolute atomic E-state index is 12.2. The highest BCUT2D eigenvalue weighted by atomic mass is 16.4. The van der Waals surface area contributed by atoms with Gasteiger partial charge in [0.15, 0.2) is 0 Å². The monoisotopic (exact) mass is 300 g/mol. The summed E-state index contributed by atoms with van der Waals surface area (Å²) in [6.07, 6.45) is 1.51. The molecule has 118 valence electrons. The normalized spacial score (nSPS) is 15.5. The molecule has 9 heteroatoms. The van der Waals surface area contributed by atoms with Gasteiger partial charge in [-0.05, 0) is 18.8 Å². The fourth-order valence-corrected chi connectivity index (χ4v) is 2.36. The summed E-state index contributed by atoms with van der Waals surface area (Å²) < 4.78 is 0. The lowest BCUT2D eigenvalue weighted by Crippen LogP contribution is -2.50. The first kappa shape index (κ1) is 16.7. The third kappa shape index (κ3) is 5.67. The van der Waals surface area contributed by atoms with E-state index in [1.165, 1.54) is 4.90 Å². The number of urea groups is 1. The predicted molar refractivity (Wildman–Crippen MR) is 71.9 cm³/mol. The second-order valence-corrected chi connectivity index (χ2v) is 5.10. The van der Waals surface area contributed by atoms with E-state index in [1.807, 2.05) is 0 Å². The van der Waals surface area contributed by atoms with E-state index in [9.17, 15) is 19.2 Å². The van der Waals surface area contributed by atoms with E-state index in [1.54, 1.807) is 0 Å². The van der Waals surface area contributed by atoms with Crippen molar-refractivity contribution in [3.05, 3.63) is 0 Å². The first-order valence-electron chi connectivity index (χ1n) is 6.61. The van der Waals surface area contributed by atoms with Crippen LogP contribution in [0.2, 0.25) is 0 Å². The molecule has 0 aliphatic carbocycles. The zero-order chi connectivity index (χ0) is 16.0. The van der Waals surface area contributed by atoms with Crippen LogP contribution in [-0.2, 0) is 14.4 Å². The number of rotatable bonds is 6. The Hall–Kier alpha value is -2.32. The lowest BCUT2D eigenvalue weighted by atomic mass is 9.93. The summed E-state index contributed by atoms with van der Waals surface area (Å²) in [5.74, 6) is -2.22.